The Labute approximate surface area is 296 Å². The summed E-state index contributed by atoms with van der Waals surface area (Å²) in [7, 11) is 0. The smallest absolute Gasteiger partial charge is 0.247 e. The normalized spacial score (nSPS) is 17.6. The van der Waals surface area contributed by atoms with Crippen LogP contribution in [0.3, 0.4) is 0 Å². The number of anilines is 3. The average Bonchev–Trinajstić information content (AvgIpc) is 3.46. The molecule has 3 heterocycles. The van der Waals surface area contributed by atoms with E-state index in [0.29, 0.717) is 0 Å². The molecule has 1 aliphatic carbocycles. The Bertz CT molecular complexity index is 2480. The minimum absolute atomic E-state index is 0.137. The molecule has 244 valence electrons. The Morgan fingerprint density at radius 3 is 1.74 bits per heavy atom. The molecule has 0 unspecified atom stereocenters. The molecular weight excluding hydrogens is 603 g/mol. The summed E-state index contributed by atoms with van der Waals surface area (Å²) in [6, 6.07) is 48.3. The monoisotopic (exact) mass is 646 g/mol. The Balaban J connectivity index is 1.35. The fraction of sp³-hybridized carbons (Fsp3) is 0.234. The number of para-hydroxylation sites is 4. The third-order valence-electron chi connectivity index (χ3n) is 12.7. The molecule has 50 heavy (non-hydrogen) atoms. The summed E-state index contributed by atoms with van der Waals surface area (Å²) in [5.74, 6) is 0. The minimum atomic E-state index is -0.216. The van der Waals surface area contributed by atoms with Crippen molar-refractivity contribution in [1.82, 2.24) is 4.57 Å². The third kappa shape index (κ3) is 3.92. The van der Waals surface area contributed by atoms with E-state index in [9.17, 15) is 0 Å². The summed E-state index contributed by atoms with van der Waals surface area (Å²) in [4.78, 5) is 2.54. The number of hydrogen-bond acceptors (Lipinski definition) is 1. The first kappa shape index (κ1) is 29.9. The molecular formula is C47H43BN2. The lowest BCUT2D eigenvalue weighted by Gasteiger charge is -2.48. The van der Waals surface area contributed by atoms with Gasteiger partial charge in [-0.2, -0.15) is 0 Å². The first-order valence-electron chi connectivity index (χ1n) is 18.4. The summed E-state index contributed by atoms with van der Waals surface area (Å²) < 4.78 is 2.50. The van der Waals surface area contributed by atoms with Crippen LogP contribution in [-0.4, -0.2) is 11.3 Å². The maximum atomic E-state index is 2.65. The Kier molecular flexibility index (Phi) is 5.99. The van der Waals surface area contributed by atoms with Gasteiger partial charge in [-0.25, -0.2) is 0 Å². The lowest BCUT2D eigenvalue weighted by atomic mass is 9.29. The zero-order valence-corrected chi connectivity index (χ0v) is 30.0. The second-order valence-electron chi connectivity index (χ2n) is 16.8. The molecule has 0 saturated heterocycles. The predicted octanol–water partition coefficient (Wildman–Crippen LogP) is 10.1. The van der Waals surface area contributed by atoms with E-state index in [4.69, 9.17) is 0 Å². The lowest BCUT2D eigenvalue weighted by molar-refractivity contribution is 0.331. The van der Waals surface area contributed by atoms with Gasteiger partial charge in [-0.15, -0.1) is 0 Å². The molecule has 3 heteroatoms. The van der Waals surface area contributed by atoms with Crippen molar-refractivity contribution in [3.05, 3.63) is 150 Å². The van der Waals surface area contributed by atoms with Crippen LogP contribution < -0.4 is 21.3 Å². The summed E-state index contributed by atoms with van der Waals surface area (Å²) >= 11 is 0. The van der Waals surface area contributed by atoms with Gasteiger partial charge in [0.1, 0.15) is 0 Å². The molecule has 2 aliphatic heterocycles. The third-order valence-corrected chi connectivity index (χ3v) is 12.7. The number of nitrogens with zero attached hydrogens (tertiary/aromatic N) is 2. The van der Waals surface area contributed by atoms with Gasteiger partial charge in [0.15, 0.2) is 0 Å². The largest absolute Gasteiger partial charge is 0.311 e. The quantitative estimate of drug-likeness (QED) is 0.170. The van der Waals surface area contributed by atoms with Crippen LogP contribution in [0.2, 0.25) is 0 Å². The molecule has 7 aromatic rings. The lowest BCUT2D eigenvalue weighted by Crippen LogP contribution is -2.64. The van der Waals surface area contributed by atoms with E-state index in [1.54, 1.807) is 0 Å². The molecule has 0 spiro atoms. The number of benzene rings is 6. The second kappa shape index (κ2) is 10.0. The van der Waals surface area contributed by atoms with Gasteiger partial charge in [-0.05, 0) is 99.3 Å². The van der Waals surface area contributed by atoms with Crippen molar-refractivity contribution in [2.75, 3.05) is 4.90 Å². The van der Waals surface area contributed by atoms with E-state index < -0.39 is 0 Å². The number of aromatic nitrogens is 1. The minimum Gasteiger partial charge on any atom is -0.311 e. The maximum absolute atomic E-state index is 2.65. The van der Waals surface area contributed by atoms with E-state index in [0.717, 1.165) is 0 Å². The second-order valence-corrected chi connectivity index (χ2v) is 16.8. The molecule has 0 atom stereocenters. The SMILES string of the molecule is CC1(C)CCC(C)(C)c2cc3c(cc21)B1c2ccccc2N(c2ccccc2)c2cc(-n4c5ccccc5c5ccccc54)cc(c21)C3(C)C. The first-order chi connectivity index (χ1) is 24.1. The molecule has 2 nitrogen and oxygen atoms in total. The van der Waals surface area contributed by atoms with Gasteiger partial charge in [-0.1, -0.05) is 132 Å². The fourth-order valence-electron chi connectivity index (χ4n) is 9.91. The number of fused-ring (bicyclic) bond motifs is 8. The maximum Gasteiger partial charge on any atom is 0.247 e. The van der Waals surface area contributed by atoms with Crippen molar-refractivity contribution in [1.29, 1.82) is 0 Å². The van der Waals surface area contributed by atoms with E-state index in [1.807, 2.05) is 0 Å². The van der Waals surface area contributed by atoms with Gasteiger partial charge in [0.25, 0.3) is 0 Å². The van der Waals surface area contributed by atoms with Crippen molar-refractivity contribution in [3.8, 4) is 5.69 Å². The van der Waals surface area contributed by atoms with Gasteiger partial charge < -0.3 is 9.47 Å². The molecule has 10 rings (SSSR count). The summed E-state index contributed by atoms with van der Waals surface area (Å²) in [5.41, 5.74) is 17.8. The molecule has 0 fully saturated rings. The fourth-order valence-corrected chi connectivity index (χ4v) is 9.91. The van der Waals surface area contributed by atoms with Crippen molar-refractivity contribution in [2.24, 2.45) is 0 Å². The predicted molar refractivity (Wildman–Crippen MR) is 214 cm³/mol. The highest BCUT2D eigenvalue weighted by Crippen LogP contribution is 2.49. The van der Waals surface area contributed by atoms with E-state index in [-0.39, 0.29) is 23.0 Å². The van der Waals surface area contributed by atoms with Crippen LogP contribution >= 0.6 is 0 Å². The first-order valence-corrected chi connectivity index (χ1v) is 18.4. The summed E-state index contributed by atoms with van der Waals surface area (Å²) in [6.45, 7) is 15.0. The molecule has 1 aromatic heterocycles. The summed E-state index contributed by atoms with van der Waals surface area (Å²) in [6.07, 6.45) is 2.42. The van der Waals surface area contributed by atoms with Gasteiger partial charge in [0, 0.05) is 38.9 Å². The zero-order chi connectivity index (χ0) is 34.2. The van der Waals surface area contributed by atoms with E-state index in [1.165, 1.54) is 96.0 Å². The van der Waals surface area contributed by atoms with Crippen molar-refractivity contribution in [2.45, 2.75) is 70.6 Å². The Morgan fingerprint density at radius 1 is 0.480 bits per heavy atom. The average molecular weight is 647 g/mol. The molecule has 3 aliphatic rings. The van der Waals surface area contributed by atoms with Crippen LogP contribution in [0.4, 0.5) is 17.1 Å². The Hall–Kier alpha value is -5.02. The van der Waals surface area contributed by atoms with Crippen LogP contribution in [0.5, 0.6) is 0 Å². The van der Waals surface area contributed by atoms with E-state index in [2.05, 4.69) is 178 Å². The molecule has 0 radical (unpaired) electrons. The molecule has 6 aromatic carbocycles. The number of rotatable bonds is 2. The van der Waals surface area contributed by atoms with Crippen LogP contribution in [0.1, 0.15) is 76.6 Å². The van der Waals surface area contributed by atoms with Gasteiger partial charge in [0.2, 0.25) is 6.71 Å². The van der Waals surface area contributed by atoms with Crippen LogP contribution in [-0.2, 0) is 16.2 Å². The van der Waals surface area contributed by atoms with Gasteiger partial charge in [-0.3, -0.25) is 0 Å². The molecule has 0 saturated carbocycles. The summed E-state index contributed by atoms with van der Waals surface area (Å²) in [5, 5.41) is 2.58. The highest BCUT2D eigenvalue weighted by molar-refractivity contribution is 6.99. The van der Waals surface area contributed by atoms with Gasteiger partial charge >= 0.3 is 0 Å². The van der Waals surface area contributed by atoms with E-state index >= 15 is 0 Å². The molecule has 0 amide bonds. The highest BCUT2D eigenvalue weighted by atomic mass is 15.2. The highest BCUT2D eigenvalue weighted by Gasteiger charge is 2.48. The van der Waals surface area contributed by atoms with Crippen LogP contribution in [0, 0.1) is 0 Å². The Morgan fingerprint density at radius 2 is 1.06 bits per heavy atom. The van der Waals surface area contributed by atoms with Crippen molar-refractivity contribution in [3.63, 3.8) is 0 Å². The van der Waals surface area contributed by atoms with Crippen LogP contribution in [0.25, 0.3) is 27.5 Å². The molecule has 0 N–H and O–H groups in total. The topological polar surface area (TPSA) is 8.17 Å². The van der Waals surface area contributed by atoms with Crippen LogP contribution in [0.15, 0.2) is 127 Å². The van der Waals surface area contributed by atoms with Crippen molar-refractivity contribution < 1.29 is 0 Å². The molecule has 0 bridgehead atoms. The van der Waals surface area contributed by atoms with Crippen molar-refractivity contribution >= 4 is 62.0 Å². The standard InChI is InChI=1S/C47H43BN2/c1-45(2)24-25-46(3,4)35-29-39-36(28-34(35)45)47(5,6)37-26-31(50-40-21-13-10-18-32(40)33-19-11-14-22-41(33)50)27-43-44(37)48(39)38-20-12-15-23-42(38)49(43)30-16-8-7-9-17-30/h7-23,26-29H,24-25H2,1-6H3. The van der Waals surface area contributed by atoms with Gasteiger partial charge in [0.05, 0.1) is 11.0 Å². The number of hydrogen-bond donors (Lipinski definition) is 0. The zero-order valence-electron chi connectivity index (χ0n) is 30.0.